The third-order valence-corrected chi connectivity index (χ3v) is 1.82. The minimum Gasteiger partial charge on any atom is -0.352 e. The summed E-state index contributed by atoms with van der Waals surface area (Å²) in [6, 6.07) is 0. The molecule has 0 aliphatic carbocycles. The second-order valence-electron chi connectivity index (χ2n) is 2.96. The van der Waals surface area contributed by atoms with Crippen LogP contribution in [0.1, 0.15) is 12.5 Å². The van der Waals surface area contributed by atoms with E-state index in [1.54, 1.807) is 19.3 Å². The Balaban J connectivity index is 2.31. The van der Waals surface area contributed by atoms with Gasteiger partial charge in [0, 0.05) is 30.8 Å². The Bertz CT molecular complexity index is 257. The Hall–Kier alpha value is -1.36. The van der Waals surface area contributed by atoms with Gasteiger partial charge in [-0.3, -0.25) is 9.89 Å². The fourth-order valence-corrected chi connectivity index (χ4v) is 0.845. The van der Waals surface area contributed by atoms with Crippen LogP contribution in [0.3, 0.4) is 0 Å². The van der Waals surface area contributed by atoms with Gasteiger partial charge in [-0.15, -0.1) is 0 Å². The van der Waals surface area contributed by atoms with Crippen LogP contribution in [0, 0.1) is 5.92 Å². The van der Waals surface area contributed by atoms with Crippen LogP contribution in [-0.4, -0.2) is 22.6 Å². The summed E-state index contributed by atoms with van der Waals surface area (Å²) < 4.78 is 0. The molecule has 5 nitrogen and oxygen atoms in total. The standard InChI is InChI=1S/C8H14N4O/c1-6(2-9)8(13)10-3-7-4-11-12-5-7/h4-6H,2-3,9H2,1H3,(H,10,13)(H,11,12). The first-order valence-electron chi connectivity index (χ1n) is 4.19. The SMILES string of the molecule is CC(CN)C(=O)NCc1cn[nH]c1. The molecule has 72 valence electrons. The number of hydrogen-bond acceptors (Lipinski definition) is 3. The van der Waals surface area contributed by atoms with Crippen LogP contribution in [0.4, 0.5) is 0 Å². The summed E-state index contributed by atoms with van der Waals surface area (Å²) >= 11 is 0. The van der Waals surface area contributed by atoms with E-state index in [1.807, 2.05) is 0 Å². The topological polar surface area (TPSA) is 83.8 Å². The van der Waals surface area contributed by atoms with Crippen molar-refractivity contribution >= 4 is 5.91 Å². The fourth-order valence-electron chi connectivity index (χ4n) is 0.845. The lowest BCUT2D eigenvalue weighted by Crippen LogP contribution is -2.32. The van der Waals surface area contributed by atoms with Crippen molar-refractivity contribution in [3.63, 3.8) is 0 Å². The van der Waals surface area contributed by atoms with E-state index in [4.69, 9.17) is 5.73 Å². The van der Waals surface area contributed by atoms with E-state index in [9.17, 15) is 4.79 Å². The van der Waals surface area contributed by atoms with E-state index < -0.39 is 0 Å². The number of nitrogens with one attached hydrogen (secondary N) is 2. The number of aromatic amines is 1. The summed E-state index contributed by atoms with van der Waals surface area (Å²) in [7, 11) is 0. The molecule has 0 fully saturated rings. The van der Waals surface area contributed by atoms with Crippen LogP contribution in [-0.2, 0) is 11.3 Å². The average Bonchev–Trinajstić information content (AvgIpc) is 2.65. The molecule has 1 heterocycles. The molecule has 4 N–H and O–H groups in total. The summed E-state index contributed by atoms with van der Waals surface area (Å²) in [5.41, 5.74) is 6.30. The largest absolute Gasteiger partial charge is 0.352 e. The van der Waals surface area contributed by atoms with E-state index in [1.165, 1.54) is 0 Å². The van der Waals surface area contributed by atoms with Gasteiger partial charge in [-0.1, -0.05) is 6.92 Å². The van der Waals surface area contributed by atoms with Gasteiger partial charge in [-0.05, 0) is 0 Å². The Morgan fingerprint density at radius 1 is 1.85 bits per heavy atom. The third kappa shape index (κ3) is 2.87. The van der Waals surface area contributed by atoms with Gasteiger partial charge in [0.15, 0.2) is 0 Å². The molecule has 0 saturated heterocycles. The zero-order valence-corrected chi connectivity index (χ0v) is 7.58. The van der Waals surface area contributed by atoms with Crippen molar-refractivity contribution in [1.82, 2.24) is 15.5 Å². The number of carbonyl (C=O) groups excluding carboxylic acids is 1. The number of rotatable bonds is 4. The highest BCUT2D eigenvalue weighted by molar-refractivity contribution is 5.78. The Kier molecular flexibility index (Phi) is 3.45. The lowest BCUT2D eigenvalue weighted by molar-refractivity contribution is -0.124. The molecule has 0 radical (unpaired) electrons. The molecule has 1 rings (SSSR count). The first-order chi connectivity index (χ1) is 6.24. The van der Waals surface area contributed by atoms with Gasteiger partial charge in [0.2, 0.25) is 5.91 Å². The summed E-state index contributed by atoms with van der Waals surface area (Å²) in [6.45, 7) is 2.67. The quantitative estimate of drug-likeness (QED) is 0.593. The third-order valence-electron chi connectivity index (χ3n) is 1.82. The monoisotopic (exact) mass is 182 g/mol. The van der Waals surface area contributed by atoms with Crippen molar-refractivity contribution in [2.75, 3.05) is 6.54 Å². The molecule has 1 atom stereocenters. The smallest absolute Gasteiger partial charge is 0.224 e. The summed E-state index contributed by atoms with van der Waals surface area (Å²) in [6.07, 6.45) is 3.42. The van der Waals surface area contributed by atoms with Gasteiger partial charge in [0.1, 0.15) is 0 Å². The van der Waals surface area contributed by atoms with Crippen molar-refractivity contribution in [2.45, 2.75) is 13.5 Å². The van der Waals surface area contributed by atoms with Crippen LogP contribution >= 0.6 is 0 Å². The minimum atomic E-state index is -0.132. The first kappa shape index (κ1) is 9.73. The Morgan fingerprint density at radius 2 is 2.62 bits per heavy atom. The molecule has 0 spiro atoms. The van der Waals surface area contributed by atoms with Gasteiger partial charge < -0.3 is 11.1 Å². The van der Waals surface area contributed by atoms with Crippen molar-refractivity contribution < 1.29 is 4.79 Å². The van der Waals surface area contributed by atoms with Crippen LogP contribution in [0.15, 0.2) is 12.4 Å². The minimum absolute atomic E-state index is 0.0244. The molecular weight excluding hydrogens is 168 g/mol. The second-order valence-corrected chi connectivity index (χ2v) is 2.96. The molecule has 0 saturated carbocycles. The molecule has 0 aromatic carbocycles. The van der Waals surface area contributed by atoms with Crippen LogP contribution < -0.4 is 11.1 Å². The van der Waals surface area contributed by atoms with Crippen LogP contribution in [0.2, 0.25) is 0 Å². The average molecular weight is 182 g/mol. The molecule has 13 heavy (non-hydrogen) atoms. The first-order valence-corrected chi connectivity index (χ1v) is 4.19. The van der Waals surface area contributed by atoms with Crippen LogP contribution in [0.25, 0.3) is 0 Å². The highest BCUT2D eigenvalue weighted by Crippen LogP contribution is 1.95. The fraction of sp³-hybridized carbons (Fsp3) is 0.500. The zero-order valence-electron chi connectivity index (χ0n) is 7.58. The van der Waals surface area contributed by atoms with E-state index in [0.29, 0.717) is 13.1 Å². The van der Waals surface area contributed by atoms with Crippen LogP contribution in [0.5, 0.6) is 0 Å². The summed E-state index contributed by atoms with van der Waals surface area (Å²) in [5.74, 6) is -0.157. The summed E-state index contributed by atoms with van der Waals surface area (Å²) in [5, 5.41) is 9.19. The number of amides is 1. The maximum atomic E-state index is 11.2. The Labute approximate surface area is 76.7 Å². The molecule has 5 heteroatoms. The van der Waals surface area contributed by atoms with Crippen molar-refractivity contribution in [1.29, 1.82) is 0 Å². The van der Waals surface area contributed by atoms with Gasteiger partial charge in [-0.2, -0.15) is 5.10 Å². The highest BCUT2D eigenvalue weighted by atomic mass is 16.1. The highest BCUT2D eigenvalue weighted by Gasteiger charge is 2.09. The number of nitrogens with zero attached hydrogens (tertiary/aromatic N) is 1. The van der Waals surface area contributed by atoms with Crippen molar-refractivity contribution in [2.24, 2.45) is 11.7 Å². The van der Waals surface area contributed by atoms with Gasteiger partial charge in [0.25, 0.3) is 0 Å². The number of H-pyrrole nitrogens is 1. The van der Waals surface area contributed by atoms with Crippen molar-refractivity contribution in [3.05, 3.63) is 18.0 Å². The number of carbonyl (C=O) groups is 1. The van der Waals surface area contributed by atoms with E-state index in [0.717, 1.165) is 5.56 Å². The van der Waals surface area contributed by atoms with E-state index in [-0.39, 0.29) is 11.8 Å². The van der Waals surface area contributed by atoms with E-state index >= 15 is 0 Å². The van der Waals surface area contributed by atoms with Gasteiger partial charge in [-0.25, -0.2) is 0 Å². The lowest BCUT2D eigenvalue weighted by atomic mass is 10.1. The normalized spacial score (nSPS) is 12.5. The molecule has 0 bridgehead atoms. The lowest BCUT2D eigenvalue weighted by Gasteiger charge is -2.08. The number of aromatic nitrogens is 2. The predicted molar refractivity (Wildman–Crippen MR) is 48.7 cm³/mol. The molecule has 1 unspecified atom stereocenters. The number of hydrogen-bond donors (Lipinski definition) is 3. The number of nitrogens with two attached hydrogens (primary N) is 1. The molecule has 1 aromatic rings. The predicted octanol–water partition coefficient (Wildman–Crippen LogP) is -0.379. The zero-order chi connectivity index (χ0) is 9.68. The van der Waals surface area contributed by atoms with Crippen molar-refractivity contribution in [3.8, 4) is 0 Å². The van der Waals surface area contributed by atoms with Gasteiger partial charge >= 0.3 is 0 Å². The molecule has 0 aliphatic heterocycles. The van der Waals surface area contributed by atoms with Gasteiger partial charge in [0.05, 0.1) is 6.20 Å². The molecule has 1 aromatic heterocycles. The Morgan fingerprint density at radius 3 is 3.15 bits per heavy atom. The molecule has 1 amide bonds. The maximum Gasteiger partial charge on any atom is 0.224 e. The second kappa shape index (κ2) is 4.61. The summed E-state index contributed by atoms with van der Waals surface area (Å²) in [4.78, 5) is 11.2. The molecular formula is C8H14N4O. The molecule has 0 aliphatic rings. The van der Waals surface area contributed by atoms with E-state index in [2.05, 4.69) is 15.5 Å². The maximum absolute atomic E-state index is 11.2.